The Morgan fingerprint density at radius 2 is 2.23 bits per heavy atom. The van der Waals surface area contributed by atoms with Gasteiger partial charge in [0.2, 0.25) is 5.91 Å². The number of likely N-dealkylation sites (tertiary alicyclic amines) is 1. The molecule has 0 bridgehead atoms. The Bertz CT molecular complexity index is 474. The molecule has 0 spiro atoms. The van der Waals surface area contributed by atoms with Crippen LogP contribution in [0.4, 0.5) is 0 Å². The van der Waals surface area contributed by atoms with Gasteiger partial charge in [0.25, 0.3) is 0 Å². The molecule has 1 saturated heterocycles. The minimum Gasteiger partial charge on any atom is -0.493 e. The van der Waals surface area contributed by atoms with E-state index in [0.717, 1.165) is 43.8 Å². The number of piperidine rings is 1. The average Bonchev–Trinajstić information content (AvgIpc) is 2.53. The molecule has 0 saturated carbocycles. The van der Waals surface area contributed by atoms with Crippen LogP contribution in [0, 0.1) is 12.8 Å². The average molecular weight is 304 g/mol. The van der Waals surface area contributed by atoms with Gasteiger partial charge >= 0.3 is 0 Å². The van der Waals surface area contributed by atoms with Gasteiger partial charge in [0.05, 0.1) is 6.61 Å². The molecule has 1 aromatic carbocycles. The highest BCUT2D eigenvalue weighted by Crippen LogP contribution is 2.18. The van der Waals surface area contributed by atoms with Gasteiger partial charge in [-0.1, -0.05) is 18.2 Å². The van der Waals surface area contributed by atoms with Gasteiger partial charge in [0.1, 0.15) is 5.75 Å². The van der Waals surface area contributed by atoms with Crippen molar-refractivity contribution in [2.75, 3.05) is 33.3 Å². The molecule has 1 aliphatic rings. The largest absolute Gasteiger partial charge is 0.493 e. The highest BCUT2D eigenvalue weighted by Gasteiger charge is 2.22. The summed E-state index contributed by atoms with van der Waals surface area (Å²) in [6, 6.07) is 7.99. The van der Waals surface area contributed by atoms with Crippen molar-refractivity contribution in [1.29, 1.82) is 0 Å². The summed E-state index contributed by atoms with van der Waals surface area (Å²) in [5.74, 6) is 1.79. The Morgan fingerprint density at radius 3 is 3.00 bits per heavy atom. The number of amides is 1. The second-order valence-corrected chi connectivity index (χ2v) is 6.12. The second-order valence-electron chi connectivity index (χ2n) is 6.12. The molecule has 1 fully saturated rings. The quantitative estimate of drug-likeness (QED) is 0.787. The van der Waals surface area contributed by atoms with Crippen LogP contribution in [0.2, 0.25) is 0 Å². The van der Waals surface area contributed by atoms with Crippen molar-refractivity contribution in [1.82, 2.24) is 10.2 Å². The molecule has 22 heavy (non-hydrogen) atoms. The number of hydrogen-bond donors (Lipinski definition) is 1. The summed E-state index contributed by atoms with van der Waals surface area (Å²) in [5.41, 5.74) is 1.14. The van der Waals surface area contributed by atoms with Crippen molar-refractivity contribution in [3.63, 3.8) is 0 Å². The maximum absolute atomic E-state index is 12.3. The van der Waals surface area contributed by atoms with Gasteiger partial charge in [-0.25, -0.2) is 0 Å². The van der Waals surface area contributed by atoms with Gasteiger partial charge in [-0.2, -0.15) is 0 Å². The molecule has 1 aliphatic heterocycles. The van der Waals surface area contributed by atoms with Crippen LogP contribution in [0.3, 0.4) is 0 Å². The van der Waals surface area contributed by atoms with Crippen LogP contribution in [-0.4, -0.2) is 44.1 Å². The lowest BCUT2D eigenvalue weighted by atomic mass is 9.97. The zero-order valence-electron chi connectivity index (χ0n) is 13.8. The second kappa shape index (κ2) is 8.79. The molecule has 1 amide bonds. The van der Waals surface area contributed by atoms with E-state index in [2.05, 4.69) is 5.32 Å². The smallest absolute Gasteiger partial charge is 0.222 e. The first-order valence-electron chi connectivity index (χ1n) is 8.31. The van der Waals surface area contributed by atoms with E-state index in [4.69, 9.17) is 4.74 Å². The van der Waals surface area contributed by atoms with Crippen molar-refractivity contribution in [2.24, 2.45) is 5.92 Å². The Kier molecular flexibility index (Phi) is 6.72. The zero-order chi connectivity index (χ0) is 15.8. The van der Waals surface area contributed by atoms with E-state index >= 15 is 0 Å². The molecule has 0 aliphatic carbocycles. The fraction of sp³-hybridized carbons (Fsp3) is 0.611. The van der Waals surface area contributed by atoms with Crippen LogP contribution in [0.5, 0.6) is 5.75 Å². The fourth-order valence-corrected chi connectivity index (χ4v) is 3.03. The van der Waals surface area contributed by atoms with Crippen LogP contribution in [0.1, 0.15) is 31.2 Å². The molecule has 1 N–H and O–H groups in total. The molecular formula is C18H28N2O2. The number of ether oxygens (including phenoxy) is 1. The highest BCUT2D eigenvalue weighted by atomic mass is 16.5. The van der Waals surface area contributed by atoms with Crippen molar-refractivity contribution < 1.29 is 9.53 Å². The SMILES string of the molecule is CNC[C@@H]1CCCN(C(=O)CCCOc2ccccc2C)C1. The number of carbonyl (C=O) groups excluding carboxylic acids is 1. The lowest BCUT2D eigenvalue weighted by molar-refractivity contribution is -0.133. The molecule has 4 nitrogen and oxygen atoms in total. The fourth-order valence-electron chi connectivity index (χ4n) is 3.03. The van der Waals surface area contributed by atoms with E-state index in [1.807, 2.05) is 43.1 Å². The molecule has 0 aromatic heterocycles. The lowest BCUT2D eigenvalue weighted by Crippen LogP contribution is -2.42. The predicted octanol–water partition coefficient (Wildman–Crippen LogP) is 2.61. The van der Waals surface area contributed by atoms with Gasteiger partial charge < -0.3 is 15.0 Å². The summed E-state index contributed by atoms with van der Waals surface area (Å²) in [4.78, 5) is 14.3. The first-order valence-corrected chi connectivity index (χ1v) is 8.31. The maximum atomic E-state index is 12.3. The Balaban J connectivity index is 1.68. The van der Waals surface area contributed by atoms with Crippen LogP contribution >= 0.6 is 0 Å². The number of aryl methyl sites for hydroxylation is 1. The van der Waals surface area contributed by atoms with Gasteiger partial charge in [0.15, 0.2) is 0 Å². The monoisotopic (exact) mass is 304 g/mol. The number of carbonyl (C=O) groups is 1. The summed E-state index contributed by atoms with van der Waals surface area (Å²) in [7, 11) is 1.98. The molecule has 0 unspecified atom stereocenters. The first-order chi connectivity index (χ1) is 10.7. The number of nitrogens with zero attached hydrogens (tertiary/aromatic N) is 1. The van der Waals surface area contributed by atoms with Crippen LogP contribution in [-0.2, 0) is 4.79 Å². The standard InChI is InChI=1S/C18H28N2O2/c1-15-7-3-4-9-17(15)22-12-6-10-18(21)20-11-5-8-16(14-20)13-19-2/h3-4,7,9,16,19H,5-6,8,10-14H2,1-2H3/t16-/m0/s1. The molecule has 122 valence electrons. The Labute approximate surface area is 133 Å². The number of rotatable bonds is 7. The van der Waals surface area contributed by atoms with E-state index in [-0.39, 0.29) is 5.91 Å². The predicted molar refractivity (Wildman–Crippen MR) is 89.1 cm³/mol. The zero-order valence-corrected chi connectivity index (χ0v) is 13.8. The number of nitrogens with one attached hydrogen (secondary N) is 1. The molecule has 1 atom stereocenters. The summed E-state index contributed by atoms with van der Waals surface area (Å²) in [5, 5.41) is 3.21. The van der Waals surface area contributed by atoms with E-state index in [0.29, 0.717) is 18.9 Å². The topological polar surface area (TPSA) is 41.6 Å². The minimum atomic E-state index is 0.272. The molecule has 4 heteroatoms. The summed E-state index contributed by atoms with van der Waals surface area (Å²) >= 11 is 0. The van der Waals surface area contributed by atoms with Crippen molar-refractivity contribution in [3.8, 4) is 5.75 Å². The normalized spacial score (nSPS) is 18.3. The first kappa shape index (κ1) is 16.8. The van der Waals surface area contributed by atoms with Gasteiger partial charge in [-0.05, 0) is 57.3 Å². The third kappa shape index (κ3) is 5.02. The molecular weight excluding hydrogens is 276 g/mol. The number of benzene rings is 1. The van der Waals surface area contributed by atoms with E-state index in [1.165, 1.54) is 6.42 Å². The third-order valence-corrected chi connectivity index (χ3v) is 4.25. The summed E-state index contributed by atoms with van der Waals surface area (Å²) in [6.45, 7) is 5.46. The molecule has 1 heterocycles. The van der Waals surface area contributed by atoms with E-state index in [9.17, 15) is 4.79 Å². The van der Waals surface area contributed by atoms with Gasteiger partial charge in [-0.15, -0.1) is 0 Å². The number of para-hydroxylation sites is 1. The lowest BCUT2D eigenvalue weighted by Gasteiger charge is -2.32. The third-order valence-electron chi connectivity index (χ3n) is 4.25. The van der Waals surface area contributed by atoms with Gasteiger partial charge in [0, 0.05) is 19.5 Å². The van der Waals surface area contributed by atoms with E-state index < -0.39 is 0 Å². The van der Waals surface area contributed by atoms with E-state index in [1.54, 1.807) is 0 Å². The molecule has 0 radical (unpaired) electrons. The molecule has 1 aromatic rings. The van der Waals surface area contributed by atoms with Crippen molar-refractivity contribution in [2.45, 2.75) is 32.6 Å². The van der Waals surface area contributed by atoms with Gasteiger partial charge in [-0.3, -0.25) is 4.79 Å². The molecule has 2 rings (SSSR count). The highest BCUT2D eigenvalue weighted by molar-refractivity contribution is 5.76. The van der Waals surface area contributed by atoms with Crippen LogP contribution in [0.15, 0.2) is 24.3 Å². The Hall–Kier alpha value is -1.55. The summed E-state index contributed by atoms with van der Waals surface area (Å²) < 4.78 is 5.75. The van der Waals surface area contributed by atoms with Crippen LogP contribution in [0.25, 0.3) is 0 Å². The minimum absolute atomic E-state index is 0.272. The van der Waals surface area contributed by atoms with Crippen LogP contribution < -0.4 is 10.1 Å². The Morgan fingerprint density at radius 1 is 1.41 bits per heavy atom. The summed E-state index contributed by atoms with van der Waals surface area (Å²) in [6.07, 6.45) is 3.71. The van der Waals surface area contributed by atoms with Crippen molar-refractivity contribution >= 4 is 5.91 Å². The van der Waals surface area contributed by atoms with Crippen molar-refractivity contribution in [3.05, 3.63) is 29.8 Å². The maximum Gasteiger partial charge on any atom is 0.222 e. The number of hydrogen-bond acceptors (Lipinski definition) is 3.